The van der Waals surface area contributed by atoms with Crippen LogP contribution in [0.3, 0.4) is 0 Å². The molecule has 0 aliphatic rings. The number of aliphatic hydroxyl groups is 1. The Balaban J connectivity index is 0. The molecule has 2 N–H and O–H groups in total. The van der Waals surface area contributed by atoms with Crippen molar-refractivity contribution < 1.29 is 15.0 Å². The number of rotatable bonds is 3. The summed E-state index contributed by atoms with van der Waals surface area (Å²) >= 11 is 0. The summed E-state index contributed by atoms with van der Waals surface area (Å²) in [5, 5.41) is 16.0. The van der Waals surface area contributed by atoms with Gasteiger partial charge in [-0.2, -0.15) is 0 Å². The van der Waals surface area contributed by atoms with Crippen LogP contribution in [0.15, 0.2) is 0 Å². The van der Waals surface area contributed by atoms with Gasteiger partial charge in [-0.1, -0.05) is 7.43 Å². The van der Waals surface area contributed by atoms with Crippen molar-refractivity contribution in [2.24, 2.45) is 0 Å². The molecule has 0 spiro atoms. The fourth-order valence-corrected chi connectivity index (χ4v) is 0.230. The van der Waals surface area contributed by atoms with Gasteiger partial charge in [0.25, 0.3) is 0 Å². The van der Waals surface area contributed by atoms with Crippen molar-refractivity contribution in [1.82, 2.24) is 0 Å². The quantitative estimate of drug-likeness (QED) is 0.569. The Morgan fingerprint density at radius 1 is 1.50 bits per heavy atom. The minimum absolute atomic E-state index is 0. The van der Waals surface area contributed by atoms with Crippen LogP contribution in [0.5, 0.6) is 0 Å². The van der Waals surface area contributed by atoms with Crippen LogP contribution in [0, 0.1) is 0 Å². The Kier molecular flexibility index (Phi) is 8.37. The van der Waals surface area contributed by atoms with Crippen molar-refractivity contribution in [2.75, 3.05) is 6.61 Å². The van der Waals surface area contributed by atoms with E-state index in [1.165, 1.54) is 0 Å². The number of carboxylic acids is 1. The van der Waals surface area contributed by atoms with Gasteiger partial charge in [0.15, 0.2) is 0 Å². The zero-order chi connectivity index (χ0) is 5.70. The molecule has 0 fully saturated rings. The molecule has 0 atom stereocenters. The summed E-state index contributed by atoms with van der Waals surface area (Å²) in [6.45, 7) is -0.0354. The highest BCUT2D eigenvalue weighted by atomic mass is 16.4. The molecule has 0 saturated carbocycles. The van der Waals surface area contributed by atoms with Crippen molar-refractivity contribution in [2.45, 2.75) is 20.3 Å². The highest BCUT2D eigenvalue weighted by molar-refractivity contribution is 5.66. The van der Waals surface area contributed by atoms with Gasteiger partial charge in [-0.15, -0.1) is 0 Å². The standard InChI is InChI=1S/C4H8O3.CH4/c5-3-1-2-4(6)7;/h5H,1-3H2,(H,6,7);1H4. The number of hydrogen-bond acceptors (Lipinski definition) is 2. The average Bonchev–Trinajstić information content (AvgIpc) is 1.61. The second kappa shape index (κ2) is 6.43. The topological polar surface area (TPSA) is 57.5 Å². The van der Waals surface area contributed by atoms with E-state index in [1.807, 2.05) is 0 Å². The van der Waals surface area contributed by atoms with Crippen molar-refractivity contribution in [3.63, 3.8) is 0 Å². The largest absolute Gasteiger partial charge is 0.481 e. The molecule has 0 aliphatic heterocycles. The number of aliphatic carboxylic acids is 1. The highest BCUT2D eigenvalue weighted by Crippen LogP contribution is 1.83. The van der Waals surface area contributed by atoms with Gasteiger partial charge in [0, 0.05) is 13.0 Å². The third-order valence-corrected chi connectivity index (χ3v) is 0.549. The Hall–Kier alpha value is -0.570. The maximum atomic E-state index is 9.65. The van der Waals surface area contributed by atoms with Gasteiger partial charge in [-0.05, 0) is 6.42 Å². The van der Waals surface area contributed by atoms with Crippen molar-refractivity contribution in [3.05, 3.63) is 0 Å². The summed E-state index contributed by atoms with van der Waals surface area (Å²) in [4.78, 5) is 9.65. The predicted octanol–water partition coefficient (Wildman–Crippen LogP) is 0.480. The molecule has 0 saturated heterocycles. The lowest BCUT2D eigenvalue weighted by atomic mass is 10.3. The zero-order valence-corrected chi connectivity index (χ0v) is 3.92. The summed E-state index contributed by atoms with van der Waals surface area (Å²) < 4.78 is 0. The second-order valence-corrected chi connectivity index (χ2v) is 1.22. The minimum atomic E-state index is -0.853. The maximum Gasteiger partial charge on any atom is 0.303 e. The number of hydrogen-bond donors (Lipinski definition) is 2. The summed E-state index contributed by atoms with van der Waals surface area (Å²) in [7, 11) is 0. The van der Waals surface area contributed by atoms with Gasteiger partial charge in [-0.25, -0.2) is 0 Å². The summed E-state index contributed by atoms with van der Waals surface area (Å²) in [5.74, 6) is -0.853. The highest BCUT2D eigenvalue weighted by Gasteiger charge is 1.91. The molecule has 3 nitrogen and oxygen atoms in total. The van der Waals surface area contributed by atoms with E-state index in [-0.39, 0.29) is 20.5 Å². The smallest absolute Gasteiger partial charge is 0.303 e. The molecule has 0 rings (SSSR count). The van der Waals surface area contributed by atoms with Crippen molar-refractivity contribution in [3.8, 4) is 0 Å². The first kappa shape index (κ1) is 10.4. The Morgan fingerprint density at radius 2 is 2.00 bits per heavy atom. The molecule has 0 aromatic rings. The first-order valence-corrected chi connectivity index (χ1v) is 2.10. The van der Waals surface area contributed by atoms with Crippen LogP contribution in [0.25, 0.3) is 0 Å². The normalized spacial score (nSPS) is 7.62. The van der Waals surface area contributed by atoms with Gasteiger partial charge in [0.05, 0.1) is 0 Å². The molecular formula is C5H12O3. The Morgan fingerprint density at radius 3 is 2.12 bits per heavy atom. The molecular weight excluding hydrogens is 108 g/mol. The molecule has 8 heavy (non-hydrogen) atoms. The number of aliphatic hydroxyl groups excluding tert-OH is 1. The molecule has 0 aliphatic carbocycles. The van der Waals surface area contributed by atoms with Crippen molar-refractivity contribution in [1.29, 1.82) is 0 Å². The van der Waals surface area contributed by atoms with Crippen LogP contribution in [0.2, 0.25) is 0 Å². The fraction of sp³-hybridized carbons (Fsp3) is 0.800. The van der Waals surface area contributed by atoms with E-state index in [0.29, 0.717) is 6.42 Å². The van der Waals surface area contributed by atoms with Crippen LogP contribution >= 0.6 is 0 Å². The Labute approximate surface area is 49.0 Å². The van der Waals surface area contributed by atoms with Crippen LogP contribution in [0.1, 0.15) is 20.3 Å². The molecule has 0 aromatic heterocycles. The molecule has 50 valence electrons. The molecule has 3 heteroatoms. The van der Waals surface area contributed by atoms with E-state index < -0.39 is 5.97 Å². The van der Waals surface area contributed by atoms with E-state index in [1.54, 1.807) is 0 Å². The first-order valence-electron chi connectivity index (χ1n) is 2.10. The number of carboxylic acid groups (broad SMARTS) is 1. The lowest BCUT2D eigenvalue weighted by Gasteiger charge is -1.85. The van der Waals surface area contributed by atoms with E-state index in [4.69, 9.17) is 10.2 Å². The lowest BCUT2D eigenvalue weighted by molar-refractivity contribution is -0.137. The predicted molar refractivity (Wildman–Crippen MR) is 30.7 cm³/mol. The van der Waals surface area contributed by atoms with Gasteiger partial charge < -0.3 is 10.2 Å². The molecule has 0 amide bonds. The van der Waals surface area contributed by atoms with Gasteiger partial charge in [0.1, 0.15) is 0 Å². The summed E-state index contributed by atoms with van der Waals surface area (Å²) in [6, 6.07) is 0. The van der Waals surface area contributed by atoms with E-state index in [9.17, 15) is 4.79 Å². The fourth-order valence-electron chi connectivity index (χ4n) is 0.230. The third kappa shape index (κ3) is 9.06. The average molecular weight is 120 g/mol. The zero-order valence-electron chi connectivity index (χ0n) is 3.92. The van der Waals surface area contributed by atoms with Gasteiger partial charge >= 0.3 is 5.97 Å². The van der Waals surface area contributed by atoms with Crippen LogP contribution < -0.4 is 0 Å². The monoisotopic (exact) mass is 120 g/mol. The van der Waals surface area contributed by atoms with Gasteiger partial charge in [-0.3, -0.25) is 4.79 Å². The van der Waals surface area contributed by atoms with E-state index in [0.717, 1.165) is 0 Å². The maximum absolute atomic E-state index is 9.65. The van der Waals surface area contributed by atoms with Gasteiger partial charge in [0.2, 0.25) is 0 Å². The van der Waals surface area contributed by atoms with Crippen LogP contribution in [-0.4, -0.2) is 22.8 Å². The summed E-state index contributed by atoms with van der Waals surface area (Å²) in [5.41, 5.74) is 0. The molecule has 0 bridgehead atoms. The Bertz CT molecular complexity index is 60.7. The van der Waals surface area contributed by atoms with E-state index >= 15 is 0 Å². The first-order chi connectivity index (χ1) is 3.27. The molecule has 0 heterocycles. The second-order valence-electron chi connectivity index (χ2n) is 1.22. The molecule has 0 unspecified atom stereocenters. The lowest BCUT2D eigenvalue weighted by Crippen LogP contribution is -1.95. The van der Waals surface area contributed by atoms with Crippen molar-refractivity contribution >= 4 is 5.97 Å². The SMILES string of the molecule is C.O=C(O)CCCO. The molecule has 0 radical (unpaired) electrons. The third-order valence-electron chi connectivity index (χ3n) is 0.549. The molecule has 0 aromatic carbocycles. The van der Waals surface area contributed by atoms with Crippen LogP contribution in [0.4, 0.5) is 0 Å². The van der Waals surface area contributed by atoms with Crippen LogP contribution in [-0.2, 0) is 4.79 Å². The summed E-state index contributed by atoms with van der Waals surface area (Å²) in [6.07, 6.45) is 0.422. The van der Waals surface area contributed by atoms with E-state index in [2.05, 4.69) is 0 Å². The number of carbonyl (C=O) groups is 1. The minimum Gasteiger partial charge on any atom is -0.481 e.